The van der Waals surface area contributed by atoms with Crippen LogP contribution < -0.4 is 10.5 Å². The Balaban J connectivity index is 2.64. The SMILES string of the molecule is CCCC(C)Oc1ccc(/C(N)=N/O)nc1. The fraction of sp³-hybridized carbons (Fsp3) is 0.455. The number of rotatable bonds is 5. The predicted molar refractivity (Wildman–Crippen MR) is 61.7 cm³/mol. The first-order valence-electron chi connectivity index (χ1n) is 5.28. The van der Waals surface area contributed by atoms with E-state index in [1.165, 1.54) is 0 Å². The number of hydrogen-bond donors (Lipinski definition) is 2. The zero-order chi connectivity index (χ0) is 12.0. The smallest absolute Gasteiger partial charge is 0.188 e. The summed E-state index contributed by atoms with van der Waals surface area (Å²) in [6.07, 6.45) is 3.82. The van der Waals surface area contributed by atoms with E-state index in [0.717, 1.165) is 12.8 Å². The molecule has 5 heteroatoms. The van der Waals surface area contributed by atoms with Gasteiger partial charge < -0.3 is 15.7 Å². The normalized spacial score (nSPS) is 13.5. The van der Waals surface area contributed by atoms with Gasteiger partial charge in [0, 0.05) is 0 Å². The molecule has 0 saturated heterocycles. The number of amidine groups is 1. The lowest BCUT2D eigenvalue weighted by atomic mass is 10.2. The molecule has 0 amide bonds. The van der Waals surface area contributed by atoms with Gasteiger partial charge in [0.05, 0.1) is 12.3 Å². The molecule has 0 fully saturated rings. The molecule has 88 valence electrons. The molecule has 1 rings (SSSR count). The Bertz CT molecular complexity index is 349. The lowest BCUT2D eigenvalue weighted by Gasteiger charge is -2.13. The van der Waals surface area contributed by atoms with Gasteiger partial charge in [-0.1, -0.05) is 18.5 Å². The summed E-state index contributed by atoms with van der Waals surface area (Å²) in [6, 6.07) is 3.41. The Morgan fingerprint density at radius 1 is 1.62 bits per heavy atom. The number of ether oxygens (including phenoxy) is 1. The number of hydrogen-bond acceptors (Lipinski definition) is 4. The first-order valence-corrected chi connectivity index (χ1v) is 5.28. The molecule has 5 nitrogen and oxygen atoms in total. The van der Waals surface area contributed by atoms with Gasteiger partial charge in [0.15, 0.2) is 5.84 Å². The summed E-state index contributed by atoms with van der Waals surface area (Å²) in [5.74, 6) is 0.684. The van der Waals surface area contributed by atoms with Gasteiger partial charge in [-0.3, -0.25) is 0 Å². The minimum Gasteiger partial charge on any atom is -0.489 e. The van der Waals surface area contributed by atoms with Crippen molar-refractivity contribution in [3.63, 3.8) is 0 Å². The van der Waals surface area contributed by atoms with Gasteiger partial charge in [0.25, 0.3) is 0 Å². The Labute approximate surface area is 94.9 Å². The zero-order valence-electron chi connectivity index (χ0n) is 9.55. The van der Waals surface area contributed by atoms with Gasteiger partial charge >= 0.3 is 0 Å². The quantitative estimate of drug-likeness (QED) is 0.345. The molecule has 1 unspecified atom stereocenters. The maximum Gasteiger partial charge on any atom is 0.188 e. The minimum absolute atomic E-state index is 0.00634. The zero-order valence-corrected chi connectivity index (χ0v) is 9.55. The van der Waals surface area contributed by atoms with Crippen molar-refractivity contribution in [1.29, 1.82) is 0 Å². The van der Waals surface area contributed by atoms with Crippen molar-refractivity contribution >= 4 is 5.84 Å². The summed E-state index contributed by atoms with van der Waals surface area (Å²) in [6.45, 7) is 4.13. The van der Waals surface area contributed by atoms with Crippen LogP contribution in [0.3, 0.4) is 0 Å². The summed E-state index contributed by atoms with van der Waals surface area (Å²) in [7, 11) is 0. The molecular weight excluding hydrogens is 206 g/mol. The standard InChI is InChI=1S/C11H17N3O2/c1-3-4-8(2)16-9-5-6-10(13-7-9)11(12)14-15/h5-8,15H,3-4H2,1-2H3,(H2,12,14). The monoisotopic (exact) mass is 223 g/mol. The number of pyridine rings is 1. The molecule has 1 aromatic heterocycles. The first kappa shape index (κ1) is 12.3. The van der Waals surface area contributed by atoms with E-state index in [1.54, 1.807) is 18.3 Å². The van der Waals surface area contributed by atoms with Crippen LogP contribution in [0.15, 0.2) is 23.5 Å². The molecule has 0 spiro atoms. The van der Waals surface area contributed by atoms with Crippen LogP contribution in [0.4, 0.5) is 0 Å². The molecule has 1 aromatic rings. The van der Waals surface area contributed by atoms with Crippen molar-refractivity contribution in [2.24, 2.45) is 10.9 Å². The van der Waals surface area contributed by atoms with E-state index in [9.17, 15) is 0 Å². The second-order valence-electron chi connectivity index (χ2n) is 3.58. The average Bonchev–Trinajstić information content (AvgIpc) is 2.29. The van der Waals surface area contributed by atoms with Crippen LogP contribution in [0.2, 0.25) is 0 Å². The van der Waals surface area contributed by atoms with Crippen LogP contribution in [0.5, 0.6) is 5.75 Å². The fourth-order valence-electron chi connectivity index (χ4n) is 1.35. The molecule has 0 radical (unpaired) electrons. The van der Waals surface area contributed by atoms with Crippen LogP contribution >= 0.6 is 0 Å². The van der Waals surface area contributed by atoms with Crippen molar-refractivity contribution in [3.05, 3.63) is 24.0 Å². The van der Waals surface area contributed by atoms with Crippen molar-refractivity contribution in [2.75, 3.05) is 0 Å². The van der Waals surface area contributed by atoms with E-state index in [-0.39, 0.29) is 11.9 Å². The Morgan fingerprint density at radius 2 is 2.38 bits per heavy atom. The van der Waals surface area contributed by atoms with E-state index in [4.69, 9.17) is 15.7 Å². The number of nitrogens with two attached hydrogens (primary N) is 1. The summed E-state index contributed by atoms with van der Waals surface area (Å²) in [5, 5.41) is 11.3. The topological polar surface area (TPSA) is 80.7 Å². The van der Waals surface area contributed by atoms with E-state index in [1.807, 2.05) is 6.92 Å². The van der Waals surface area contributed by atoms with Crippen molar-refractivity contribution in [2.45, 2.75) is 32.8 Å². The fourth-order valence-corrected chi connectivity index (χ4v) is 1.35. The largest absolute Gasteiger partial charge is 0.489 e. The third-order valence-corrected chi connectivity index (χ3v) is 2.14. The summed E-state index contributed by atoms with van der Waals surface area (Å²) < 4.78 is 5.62. The van der Waals surface area contributed by atoms with E-state index in [2.05, 4.69) is 17.1 Å². The second-order valence-corrected chi connectivity index (χ2v) is 3.58. The van der Waals surface area contributed by atoms with E-state index < -0.39 is 0 Å². The summed E-state index contributed by atoms with van der Waals surface area (Å²) in [4.78, 5) is 4.02. The third-order valence-electron chi connectivity index (χ3n) is 2.14. The predicted octanol–water partition coefficient (Wildman–Crippen LogP) is 1.74. The van der Waals surface area contributed by atoms with Gasteiger partial charge in [0.2, 0.25) is 0 Å². The summed E-state index contributed by atoms with van der Waals surface area (Å²) in [5.41, 5.74) is 5.82. The first-order chi connectivity index (χ1) is 7.67. The molecule has 0 saturated carbocycles. The number of oxime groups is 1. The molecule has 0 aromatic carbocycles. The average molecular weight is 223 g/mol. The highest BCUT2D eigenvalue weighted by Gasteiger charge is 2.04. The highest BCUT2D eigenvalue weighted by Crippen LogP contribution is 2.13. The van der Waals surface area contributed by atoms with Crippen molar-refractivity contribution < 1.29 is 9.94 Å². The molecule has 0 aliphatic carbocycles. The molecule has 1 heterocycles. The third kappa shape index (κ3) is 3.42. The molecule has 0 aliphatic rings. The minimum atomic E-state index is -0.00634. The van der Waals surface area contributed by atoms with Crippen LogP contribution in [0.1, 0.15) is 32.4 Å². The van der Waals surface area contributed by atoms with Crippen LogP contribution in [0.25, 0.3) is 0 Å². The van der Waals surface area contributed by atoms with Crippen LogP contribution in [0, 0.1) is 0 Å². The molecule has 3 N–H and O–H groups in total. The Morgan fingerprint density at radius 3 is 2.88 bits per heavy atom. The Hall–Kier alpha value is -1.78. The maximum absolute atomic E-state index is 8.46. The number of aromatic nitrogens is 1. The van der Waals surface area contributed by atoms with Gasteiger partial charge in [-0.25, -0.2) is 4.98 Å². The van der Waals surface area contributed by atoms with E-state index in [0.29, 0.717) is 11.4 Å². The molecular formula is C11H17N3O2. The van der Waals surface area contributed by atoms with Gasteiger partial charge in [-0.2, -0.15) is 0 Å². The van der Waals surface area contributed by atoms with Gasteiger partial charge in [0.1, 0.15) is 11.4 Å². The molecule has 16 heavy (non-hydrogen) atoms. The van der Waals surface area contributed by atoms with Crippen LogP contribution in [-0.2, 0) is 0 Å². The van der Waals surface area contributed by atoms with Gasteiger partial charge in [-0.05, 0) is 25.5 Å². The van der Waals surface area contributed by atoms with E-state index >= 15 is 0 Å². The summed E-state index contributed by atoms with van der Waals surface area (Å²) >= 11 is 0. The second kappa shape index (κ2) is 5.95. The lowest BCUT2D eigenvalue weighted by molar-refractivity contribution is 0.209. The Kier molecular flexibility index (Phi) is 4.57. The van der Waals surface area contributed by atoms with Crippen LogP contribution in [-0.4, -0.2) is 22.1 Å². The maximum atomic E-state index is 8.46. The van der Waals surface area contributed by atoms with Crippen molar-refractivity contribution in [3.8, 4) is 5.75 Å². The highest BCUT2D eigenvalue weighted by molar-refractivity contribution is 5.95. The van der Waals surface area contributed by atoms with Crippen molar-refractivity contribution in [1.82, 2.24) is 4.98 Å². The lowest BCUT2D eigenvalue weighted by Crippen LogP contribution is -2.15. The molecule has 0 bridgehead atoms. The molecule has 0 aliphatic heterocycles. The number of nitrogens with zero attached hydrogens (tertiary/aromatic N) is 2. The molecule has 1 atom stereocenters. The highest BCUT2D eigenvalue weighted by atomic mass is 16.5. The van der Waals surface area contributed by atoms with Gasteiger partial charge in [-0.15, -0.1) is 0 Å².